The van der Waals surface area contributed by atoms with E-state index in [-0.39, 0.29) is 5.82 Å². The van der Waals surface area contributed by atoms with Gasteiger partial charge in [-0.1, -0.05) is 39.4 Å². The quantitative estimate of drug-likeness (QED) is 0.552. The lowest BCUT2D eigenvalue weighted by atomic mass is 10.2. The third-order valence-corrected chi connectivity index (χ3v) is 4.05. The molecule has 3 rings (SSSR count). The van der Waals surface area contributed by atoms with Crippen molar-refractivity contribution >= 4 is 48.8 Å². The van der Waals surface area contributed by atoms with Gasteiger partial charge in [-0.15, -0.1) is 0 Å². The number of thiazole rings is 1. The number of anilines is 1. The minimum Gasteiger partial charge on any atom is -0.253 e. The van der Waals surface area contributed by atoms with Crippen LogP contribution in [0.3, 0.4) is 0 Å². The number of para-hydroxylation sites is 1. The fourth-order valence-corrected chi connectivity index (χ4v) is 2.88. The highest BCUT2D eigenvalue weighted by molar-refractivity contribution is 9.10. The van der Waals surface area contributed by atoms with Gasteiger partial charge in [0.2, 0.25) is 5.13 Å². The van der Waals surface area contributed by atoms with Gasteiger partial charge < -0.3 is 0 Å². The highest BCUT2D eigenvalue weighted by Gasteiger charge is 2.02. The number of rotatable bonds is 3. The second-order valence-corrected chi connectivity index (χ2v) is 5.97. The molecule has 2 aromatic carbocycles. The Bertz CT molecular complexity index is 752. The SMILES string of the molecule is Fc1ccc(Br)cc1C=NNc1nc2ccccc2s1. The number of nitrogens with zero attached hydrogens (tertiary/aromatic N) is 2. The van der Waals surface area contributed by atoms with E-state index in [1.54, 1.807) is 12.1 Å². The van der Waals surface area contributed by atoms with Crippen LogP contribution in [0.1, 0.15) is 5.56 Å². The summed E-state index contributed by atoms with van der Waals surface area (Å²) >= 11 is 4.80. The van der Waals surface area contributed by atoms with Crippen molar-refractivity contribution in [2.24, 2.45) is 5.10 Å². The zero-order valence-corrected chi connectivity index (χ0v) is 12.6. The molecule has 0 aliphatic carbocycles. The van der Waals surface area contributed by atoms with Crippen LogP contribution in [0.15, 0.2) is 52.0 Å². The maximum atomic E-state index is 13.5. The van der Waals surface area contributed by atoms with Crippen LogP contribution in [0.5, 0.6) is 0 Å². The van der Waals surface area contributed by atoms with Crippen LogP contribution in [-0.2, 0) is 0 Å². The zero-order chi connectivity index (χ0) is 13.9. The lowest BCUT2D eigenvalue weighted by Gasteiger charge is -1.97. The summed E-state index contributed by atoms with van der Waals surface area (Å²) in [7, 11) is 0. The van der Waals surface area contributed by atoms with Crippen LogP contribution >= 0.6 is 27.3 Å². The Morgan fingerprint density at radius 1 is 1.25 bits per heavy atom. The fourth-order valence-electron chi connectivity index (χ4n) is 1.69. The van der Waals surface area contributed by atoms with E-state index in [1.165, 1.54) is 23.6 Å². The predicted molar refractivity (Wildman–Crippen MR) is 84.9 cm³/mol. The van der Waals surface area contributed by atoms with Gasteiger partial charge in [-0.3, -0.25) is 5.43 Å². The number of hydrazone groups is 1. The van der Waals surface area contributed by atoms with Gasteiger partial charge in [0, 0.05) is 10.0 Å². The maximum Gasteiger partial charge on any atom is 0.204 e. The van der Waals surface area contributed by atoms with Crippen molar-refractivity contribution in [3.63, 3.8) is 0 Å². The summed E-state index contributed by atoms with van der Waals surface area (Å²) in [6, 6.07) is 12.5. The number of fused-ring (bicyclic) bond motifs is 1. The van der Waals surface area contributed by atoms with E-state index in [1.807, 2.05) is 24.3 Å². The smallest absolute Gasteiger partial charge is 0.204 e. The highest BCUT2D eigenvalue weighted by atomic mass is 79.9. The Morgan fingerprint density at radius 2 is 2.10 bits per heavy atom. The first-order valence-electron chi connectivity index (χ1n) is 5.82. The molecule has 3 aromatic rings. The van der Waals surface area contributed by atoms with Crippen molar-refractivity contribution < 1.29 is 4.39 Å². The summed E-state index contributed by atoms with van der Waals surface area (Å²) in [4.78, 5) is 4.37. The summed E-state index contributed by atoms with van der Waals surface area (Å²) in [5, 5.41) is 4.70. The summed E-state index contributed by atoms with van der Waals surface area (Å²) < 4.78 is 15.4. The average Bonchev–Trinajstić information content (AvgIpc) is 2.85. The molecule has 20 heavy (non-hydrogen) atoms. The van der Waals surface area contributed by atoms with Crippen molar-refractivity contribution in [2.75, 3.05) is 5.43 Å². The molecular weight excluding hydrogens is 341 g/mol. The Labute approximate surface area is 127 Å². The largest absolute Gasteiger partial charge is 0.253 e. The molecule has 0 bridgehead atoms. The number of hydrogen-bond donors (Lipinski definition) is 1. The number of halogens is 2. The van der Waals surface area contributed by atoms with Gasteiger partial charge in [0.05, 0.1) is 16.4 Å². The summed E-state index contributed by atoms with van der Waals surface area (Å²) in [6.45, 7) is 0. The van der Waals surface area contributed by atoms with Crippen LogP contribution in [-0.4, -0.2) is 11.2 Å². The Morgan fingerprint density at radius 3 is 2.95 bits per heavy atom. The molecule has 0 fully saturated rings. The molecule has 0 aliphatic rings. The number of nitrogens with one attached hydrogen (secondary N) is 1. The Hall–Kier alpha value is -1.79. The number of aromatic nitrogens is 1. The Kier molecular flexibility index (Phi) is 3.75. The summed E-state index contributed by atoms with van der Waals surface area (Å²) in [6.07, 6.45) is 1.44. The first-order chi connectivity index (χ1) is 9.72. The predicted octanol–water partition coefficient (Wildman–Crippen LogP) is 4.64. The highest BCUT2D eigenvalue weighted by Crippen LogP contribution is 2.25. The van der Waals surface area contributed by atoms with Crippen molar-refractivity contribution in [3.05, 3.63) is 58.3 Å². The van der Waals surface area contributed by atoms with E-state index in [9.17, 15) is 4.39 Å². The molecule has 0 saturated heterocycles. The molecule has 1 aromatic heterocycles. The van der Waals surface area contributed by atoms with Crippen LogP contribution in [0.25, 0.3) is 10.2 Å². The molecule has 0 saturated carbocycles. The van der Waals surface area contributed by atoms with Crippen LogP contribution in [0.4, 0.5) is 9.52 Å². The molecule has 0 amide bonds. The van der Waals surface area contributed by atoms with E-state index >= 15 is 0 Å². The Balaban J connectivity index is 1.78. The lowest BCUT2D eigenvalue weighted by molar-refractivity contribution is 0.625. The molecule has 0 unspecified atom stereocenters. The molecule has 1 heterocycles. The number of hydrogen-bond acceptors (Lipinski definition) is 4. The number of benzene rings is 2. The van der Waals surface area contributed by atoms with Crippen LogP contribution in [0, 0.1) is 5.82 Å². The normalized spacial score (nSPS) is 11.3. The minimum atomic E-state index is -0.317. The molecular formula is C14H9BrFN3S. The molecule has 3 nitrogen and oxygen atoms in total. The van der Waals surface area contributed by atoms with Crippen molar-refractivity contribution in [3.8, 4) is 0 Å². The van der Waals surface area contributed by atoms with E-state index in [0.29, 0.717) is 10.7 Å². The fraction of sp³-hybridized carbons (Fsp3) is 0. The molecule has 6 heteroatoms. The van der Waals surface area contributed by atoms with E-state index in [2.05, 4.69) is 31.4 Å². The van der Waals surface area contributed by atoms with Gasteiger partial charge in [-0.2, -0.15) is 5.10 Å². The first kappa shape index (κ1) is 13.2. The second-order valence-electron chi connectivity index (χ2n) is 4.02. The standard InChI is InChI=1S/C14H9BrFN3S/c15-10-5-6-11(16)9(7-10)8-17-19-14-18-12-3-1-2-4-13(12)20-14/h1-8H,(H,18,19). The first-order valence-corrected chi connectivity index (χ1v) is 7.43. The van der Waals surface area contributed by atoms with Gasteiger partial charge >= 0.3 is 0 Å². The molecule has 0 atom stereocenters. The average molecular weight is 350 g/mol. The lowest BCUT2D eigenvalue weighted by Crippen LogP contribution is -1.92. The van der Waals surface area contributed by atoms with E-state index in [4.69, 9.17) is 0 Å². The van der Waals surface area contributed by atoms with E-state index in [0.717, 1.165) is 14.7 Å². The third kappa shape index (κ3) is 2.86. The molecule has 100 valence electrons. The minimum absolute atomic E-state index is 0.317. The molecule has 0 spiro atoms. The topological polar surface area (TPSA) is 37.3 Å². The zero-order valence-electron chi connectivity index (χ0n) is 10.2. The van der Waals surface area contributed by atoms with Crippen molar-refractivity contribution in [1.82, 2.24) is 4.98 Å². The monoisotopic (exact) mass is 349 g/mol. The van der Waals surface area contributed by atoms with Gasteiger partial charge in [-0.25, -0.2) is 9.37 Å². The molecule has 1 N–H and O–H groups in total. The second kappa shape index (κ2) is 5.68. The third-order valence-electron chi connectivity index (χ3n) is 2.62. The summed E-state index contributed by atoms with van der Waals surface area (Å²) in [5.41, 5.74) is 4.15. The molecule has 0 aliphatic heterocycles. The van der Waals surface area contributed by atoms with Crippen molar-refractivity contribution in [1.29, 1.82) is 0 Å². The van der Waals surface area contributed by atoms with Gasteiger partial charge in [0.15, 0.2) is 0 Å². The maximum absolute atomic E-state index is 13.5. The van der Waals surface area contributed by atoms with Gasteiger partial charge in [0.25, 0.3) is 0 Å². The van der Waals surface area contributed by atoms with E-state index < -0.39 is 0 Å². The van der Waals surface area contributed by atoms with Gasteiger partial charge in [-0.05, 0) is 30.3 Å². The van der Waals surface area contributed by atoms with Crippen LogP contribution in [0.2, 0.25) is 0 Å². The van der Waals surface area contributed by atoms with Gasteiger partial charge in [0.1, 0.15) is 5.82 Å². The van der Waals surface area contributed by atoms with Crippen molar-refractivity contribution in [2.45, 2.75) is 0 Å². The molecule has 0 radical (unpaired) electrons. The summed E-state index contributed by atoms with van der Waals surface area (Å²) in [5.74, 6) is -0.317. The van der Waals surface area contributed by atoms with Crippen LogP contribution < -0.4 is 5.43 Å².